The SMILES string of the molecule is c1ccc(-c2nc(-c3ccccc3)nc(-c3cccc(-c4cc(-c5ccc6c(c5)sc5ccccc56)cc(-c5cccc6sc7ccccc7c56)c4)c3)n2)cc1. The van der Waals surface area contributed by atoms with Gasteiger partial charge >= 0.3 is 0 Å². The van der Waals surface area contributed by atoms with Crippen molar-refractivity contribution in [2.45, 2.75) is 0 Å². The maximum Gasteiger partial charge on any atom is 0.164 e. The minimum Gasteiger partial charge on any atom is -0.208 e. The molecule has 0 unspecified atom stereocenters. The monoisotopic (exact) mass is 749 g/mol. The van der Waals surface area contributed by atoms with Gasteiger partial charge < -0.3 is 0 Å². The highest BCUT2D eigenvalue weighted by Gasteiger charge is 2.17. The van der Waals surface area contributed by atoms with Crippen molar-refractivity contribution in [3.05, 3.63) is 188 Å². The molecule has 5 heteroatoms. The molecule has 11 aromatic rings. The van der Waals surface area contributed by atoms with Crippen molar-refractivity contribution in [1.82, 2.24) is 15.0 Å². The smallest absolute Gasteiger partial charge is 0.164 e. The van der Waals surface area contributed by atoms with E-state index in [1.54, 1.807) is 0 Å². The van der Waals surface area contributed by atoms with Crippen LogP contribution in [-0.4, -0.2) is 15.0 Å². The Morgan fingerprint density at radius 1 is 0.268 bits per heavy atom. The van der Waals surface area contributed by atoms with Gasteiger partial charge in [-0.3, -0.25) is 0 Å². The molecule has 3 aromatic heterocycles. The van der Waals surface area contributed by atoms with Crippen LogP contribution in [0.1, 0.15) is 0 Å². The predicted molar refractivity (Wildman–Crippen MR) is 238 cm³/mol. The molecule has 0 amide bonds. The highest BCUT2D eigenvalue weighted by Crippen LogP contribution is 2.43. The molecule has 8 aromatic carbocycles. The van der Waals surface area contributed by atoms with Crippen molar-refractivity contribution in [3.63, 3.8) is 0 Å². The molecule has 0 bridgehead atoms. The van der Waals surface area contributed by atoms with Gasteiger partial charge in [0.25, 0.3) is 0 Å². The first-order valence-corrected chi connectivity index (χ1v) is 20.3. The van der Waals surface area contributed by atoms with E-state index in [-0.39, 0.29) is 0 Å². The molecule has 56 heavy (non-hydrogen) atoms. The van der Waals surface area contributed by atoms with Gasteiger partial charge in [-0.2, -0.15) is 0 Å². The third-order valence-electron chi connectivity index (χ3n) is 10.5. The van der Waals surface area contributed by atoms with Crippen molar-refractivity contribution < 1.29 is 0 Å². The second kappa shape index (κ2) is 13.5. The summed E-state index contributed by atoms with van der Waals surface area (Å²) in [5, 5.41) is 5.21. The highest BCUT2D eigenvalue weighted by molar-refractivity contribution is 7.26. The lowest BCUT2D eigenvalue weighted by Crippen LogP contribution is -2.00. The van der Waals surface area contributed by atoms with Crippen LogP contribution in [0.4, 0.5) is 0 Å². The van der Waals surface area contributed by atoms with Gasteiger partial charge in [0.05, 0.1) is 0 Å². The maximum atomic E-state index is 5.05. The van der Waals surface area contributed by atoms with Crippen LogP contribution in [0, 0.1) is 0 Å². The number of fused-ring (bicyclic) bond motifs is 6. The van der Waals surface area contributed by atoms with E-state index in [2.05, 4.69) is 127 Å². The molecule has 0 aliphatic heterocycles. The van der Waals surface area contributed by atoms with E-state index in [1.807, 2.05) is 83.3 Å². The molecule has 0 radical (unpaired) electrons. The quantitative estimate of drug-likeness (QED) is 0.170. The van der Waals surface area contributed by atoms with Crippen LogP contribution < -0.4 is 0 Å². The Kier molecular flexibility index (Phi) is 7.87. The van der Waals surface area contributed by atoms with Gasteiger partial charge in [-0.05, 0) is 81.9 Å². The Morgan fingerprint density at radius 3 is 1.45 bits per heavy atom. The van der Waals surface area contributed by atoms with Gasteiger partial charge in [-0.15, -0.1) is 22.7 Å². The van der Waals surface area contributed by atoms with Crippen LogP contribution in [0.15, 0.2) is 188 Å². The van der Waals surface area contributed by atoms with E-state index in [4.69, 9.17) is 15.0 Å². The fraction of sp³-hybridized carbons (Fsp3) is 0. The number of nitrogens with zero attached hydrogens (tertiary/aromatic N) is 3. The summed E-state index contributed by atoms with van der Waals surface area (Å²) in [4.78, 5) is 15.0. The second-order valence-electron chi connectivity index (χ2n) is 14.0. The van der Waals surface area contributed by atoms with Gasteiger partial charge in [0.1, 0.15) is 0 Å². The molecule has 0 fully saturated rings. The van der Waals surface area contributed by atoms with Gasteiger partial charge in [-0.1, -0.05) is 140 Å². The Balaban J connectivity index is 1.10. The molecule has 0 aliphatic rings. The van der Waals surface area contributed by atoms with E-state index in [9.17, 15) is 0 Å². The van der Waals surface area contributed by atoms with Crippen molar-refractivity contribution in [2.24, 2.45) is 0 Å². The minimum absolute atomic E-state index is 0.639. The third kappa shape index (κ3) is 5.77. The van der Waals surface area contributed by atoms with Gasteiger partial charge in [0.2, 0.25) is 0 Å². The summed E-state index contributed by atoms with van der Waals surface area (Å²) in [5.74, 6) is 1.94. The molecule has 0 spiro atoms. The number of hydrogen-bond acceptors (Lipinski definition) is 5. The fourth-order valence-electron chi connectivity index (χ4n) is 7.81. The molecule has 262 valence electrons. The van der Waals surface area contributed by atoms with Crippen LogP contribution in [0.25, 0.3) is 108 Å². The van der Waals surface area contributed by atoms with Crippen molar-refractivity contribution in [2.75, 3.05) is 0 Å². The van der Waals surface area contributed by atoms with Crippen LogP contribution in [0.3, 0.4) is 0 Å². The first-order chi connectivity index (χ1) is 27.7. The largest absolute Gasteiger partial charge is 0.208 e. The van der Waals surface area contributed by atoms with Gasteiger partial charge in [0, 0.05) is 57.0 Å². The van der Waals surface area contributed by atoms with Gasteiger partial charge in [-0.25, -0.2) is 15.0 Å². The van der Waals surface area contributed by atoms with Crippen LogP contribution in [0.5, 0.6) is 0 Å². The van der Waals surface area contributed by atoms with Crippen molar-refractivity contribution in [1.29, 1.82) is 0 Å². The first-order valence-electron chi connectivity index (χ1n) is 18.7. The highest BCUT2D eigenvalue weighted by atomic mass is 32.1. The zero-order valence-corrected chi connectivity index (χ0v) is 31.7. The lowest BCUT2D eigenvalue weighted by molar-refractivity contribution is 1.07. The van der Waals surface area contributed by atoms with E-state index in [0.717, 1.165) is 27.8 Å². The molecule has 3 nitrogen and oxygen atoms in total. The predicted octanol–water partition coefficient (Wildman–Crippen LogP) is 14.6. The lowest BCUT2D eigenvalue weighted by atomic mass is 9.91. The molecular formula is C51H31N3S2. The van der Waals surface area contributed by atoms with Crippen LogP contribution in [-0.2, 0) is 0 Å². The number of aromatic nitrogens is 3. The van der Waals surface area contributed by atoms with E-state index >= 15 is 0 Å². The summed E-state index contributed by atoms with van der Waals surface area (Å²) in [6.07, 6.45) is 0. The molecule has 0 N–H and O–H groups in total. The summed E-state index contributed by atoms with van der Waals surface area (Å²) in [5.41, 5.74) is 9.86. The van der Waals surface area contributed by atoms with E-state index < -0.39 is 0 Å². The average molecular weight is 750 g/mol. The standard InChI is InChI=1S/C51H31N3S2/c1-3-13-32(14-4-1)49-52-50(33-15-5-2-6-16-33)54-51(53-49)36-18-11-17-34(27-36)37-28-38(35-25-26-42-41-19-7-9-22-44(41)56-47(42)31-35)30-39(29-37)40-21-12-24-46-48(40)43-20-8-10-23-45(43)55-46/h1-31H. The van der Waals surface area contributed by atoms with Crippen LogP contribution in [0.2, 0.25) is 0 Å². The molecule has 0 aliphatic carbocycles. The average Bonchev–Trinajstić information content (AvgIpc) is 3.85. The number of benzene rings is 8. The van der Waals surface area contributed by atoms with Crippen molar-refractivity contribution >= 4 is 63.0 Å². The maximum absolute atomic E-state index is 5.05. The Labute approximate surface area is 331 Å². The molecule has 11 rings (SSSR count). The summed E-state index contributed by atoms with van der Waals surface area (Å²) < 4.78 is 5.20. The number of thiophene rings is 2. The van der Waals surface area contributed by atoms with E-state index in [0.29, 0.717) is 17.5 Å². The Hall–Kier alpha value is -6.79. The molecule has 0 saturated carbocycles. The first kappa shape index (κ1) is 32.6. The van der Waals surface area contributed by atoms with E-state index in [1.165, 1.54) is 62.6 Å². The fourth-order valence-corrected chi connectivity index (χ4v) is 10.1. The summed E-state index contributed by atoms with van der Waals surface area (Å²) in [7, 11) is 0. The molecule has 3 heterocycles. The third-order valence-corrected chi connectivity index (χ3v) is 12.8. The minimum atomic E-state index is 0.639. The topological polar surface area (TPSA) is 38.7 Å². The normalized spacial score (nSPS) is 11.6. The zero-order chi connectivity index (χ0) is 37.0. The summed E-state index contributed by atoms with van der Waals surface area (Å²) in [6, 6.07) is 67.1. The number of rotatable bonds is 6. The molecule has 0 saturated heterocycles. The second-order valence-corrected chi connectivity index (χ2v) is 16.2. The Morgan fingerprint density at radius 2 is 0.732 bits per heavy atom. The zero-order valence-electron chi connectivity index (χ0n) is 30.1. The van der Waals surface area contributed by atoms with Crippen molar-refractivity contribution in [3.8, 4) is 67.5 Å². The Bertz CT molecular complexity index is 3200. The summed E-state index contributed by atoms with van der Waals surface area (Å²) in [6.45, 7) is 0. The molecular weight excluding hydrogens is 719 g/mol. The molecule has 0 atom stereocenters. The van der Waals surface area contributed by atoms with Gasteiger partial charge in [0.15, 0.2) is 17.5 Å². The lowest BCUT2D eigenvalue weighted by Gasteiger charge is -2.14. The summed E-state index contributed by atoms with van der Waals surface area (Å²) >= 11 is 3.71. The van der Waals surface area contributed by atoms with Crippen LogP contribution >= 0.6 is 22.7 Å². The number of hydrogen-bond donors (Lipinski definition) is 0.